The van der Waals surface area contributed by atoms with Crippen molar-refractivity contribution in [3.8, 4) is 5.75 Å². The number of rotatable bonds is 6. The Morgan fingerprint density at radius 2 is 1.75 bits per heavy atom. The lowest BCUT2D eigenvalue weighted by molar-refractivity contribution is 0.104. The monoisotopic (exact) mass is 315 g/mol. The average molecular weight is 315 g/mol. The molecule has 0 spiro atoms. The molecule has 0 aliphatic heterocycles. The molecular formula is C21H17NO2. The molecule has 0 unspecified atom stereocenters. The number of ether oxygens (including phenoxy) is 1. The van der Waals surface area contributed by atoms with Gasteiger partial charge in [0.25, 0.3) is 0 Å². The number of carbonyl (C=O) groups is 1. The zero-order chi connectivity index (χ0) is 16.6. The highest BCUT2D eigenvalue weighted by atomic mass is 16.5. The number of ketones is 1. The van der Waals surface area contributed by atoms with Crippen molar-refractivity contribution in [2.24, 2.45) is 0 Å². The van der Waals surface area contributed by atoms with Gasteiger partial charge in [-0.2, -0.15) is 0 Å². The summed E-state index contributed by atoms with van der Waals surface area (Å²) in [5.41, 5.74) is 2.65. The molecule has 1 aromatic heterocycles. The molecule has 3 aromatic rings. The molecule has 0 amide bonds. The normalized spacial score (nSPS) is 10.7. The summed E-state index contributed by atoms with van der Waals surface area (Å²) < 4.78 is 5.74. The predicted molar refractivity (Wildman–Crippen MR) is 94.8 cm³/mol. The highest BCUT2D eigenvalue weighted by molar-refractivity contribution is 6.06. The van der Waals surface area contributed by atoms with Crippen molar-refractivity contribution in [1.82, 2.24) is 4.98 Å². The van der Waals surface area contributed by atoms with Crippen molar-refractivity contribution in [3.05, 3.63) is 102 Å². The predicted octanol–water partition coefficient (Wildman–Crippen LogP) is 4.56. The Labute approximate surface area is 141 Å². The van der Waals surface area contributed by atoms with Crippen LogP contribution in [0.5, 0.6) is 5.75 Å². The molecule has 0 radical (unpaired) electrons. The average Bonchev–Trinajstić information content (AvgIpc) is 2.67. The maximum absolute atomic E-state index is 12.0. The Hall–Kier alpha value is -3.20. The first-order chi connectivity index (χ1) is 11.8. The topological polar surface area (TPSA) is 39.2 Å². The highest BCUT2D eigenvalue weighted by Gasteiger charge is 2.00. The summed E-state index contributed by atoms with van der Waals surface area (Å²) in [5.74, 6) is 0.738. The van der Waals surface area contributed by atoms with E-state index in [-0.39, 0.29) is 5.78 Å². The van der Waals surface area contributed by atoms with Crippen LogP contribution in [-0.2, 0) is 6.61 Å². The summed E-state index contributed by atoms with van der Waals surface area (Å²) in [6, 6.07) is 21.2. The number of nitrogens with zero attached hydrogens (tertiary/aromatic N) is 1. The van der Waals surface area contributed by atoms with Crippen LogP contribution in [0.2, 0.25) is 0 Å². The summed E-state index contributed by atoms with van der Waals surface area (Å²) >= 11 is 0. The fraction of sp³-hybridized carbons (Fsp3) is 0.0476. The Kier molecular flexibility index (Phi) is 5.15. The van der Waals surface area contributed by atoms with E-state index in [1.54, 1.807) is 36.7 Å². The van der Waals surface area contributed by atoms with Crippen molar-refractivity contribution >= 4 is 11.9 Å². The van der Waals surface area contributed by atoms with E-state index in [4.69, 9.17) is 4.74 Å². The lowest BCUT2D eigenvalue weighted by Crippen LogP contribution is -1.95. The smallest absolute Gasteiger partial charge is 0.187 e. The summed E-state index contributed by atoms with van der Waals surface area (Å²) in [6.07, 6.45) is 6.55. The molecule has 2 aromatic carbocycles. The third kappa shape index (κ3) is 4.40. The Bertz CT molecular complexity index is 809. The number of aromatic nitrogens is 1. The molecule has 1 heterocycles. The van der Waals surface area contributed by atoms with Gasteiger partial charge in [0.2, 0.25) is 0 Å². The molecule has 0 bridgehead atoms. The molecule has 0 saturated heterocycles. The zero-order valence-electron chi connectivity index (χ0n) is 13.1. The van der Waals surface area contributed by atoms with Crippen molar-refractivity contribution in [3.63, 3.8) is 0 Å². The van der Waals surface area contributed by atoms with Crippen molar-refractivity contribution in [2.45, 2.75) is 6.61 Å². The second-order valence-corrected chi connectivity index (χ2v) is 5.28. The molecule has 0 N–H and O–H groups in total. The van der Waals surface area contributed by atoms with Crippen molar-refractivity contribution in [2.75, 3.05) is 0 Å². The molecule has 0 aliphatic carbocycles. The van der Waals surface area contributed by atoms with Crippen LogP contribution in [0, 0.1) is 0 Å². The van der Waals surface area contributed by atoms with Gasteiger partial charge < -0.3 is 4.74 Å². The standard InChI is InChI=1S/C21H17NO2/c23-21(19-7-4-14-22-15-19)13-10-17-8-11-20(12-9-17)24-16-18-5-2-1-3-6-18/h1-15H,16H2/b13-10+. The Balaban J connectivity index is 1.58. The largest absolute Gasteiger partial charge is 0.489 e. The fourth-order valence-corrected chi connectivity index (χ4v) is 2.19. The number of carbonyl (C=O) groups excluding carboxylic acids is 1. The van der Waals surface area contributed by atoms with Crippen LogP contribution in [0.4, 0.5) is 0 Å². The number of benzene rings is 2. The minimum atomic E-state index is -0.0625. The van der Waals surface area contributed by atoms with Crippen LogP contribution in [0.15, 0.2) is 85.2 Å². The van der Waals surface area contributed by atoms with Crippen LogP contribution in [0.25, 0.3) is 6.08 Å². The van der Waals surface area contributed by atoms with E-state index in [2.05, 4.69) is 4.98 Å². The molecule has 0 atom stereocenters. The van der Waals surface area contributed by atoms with E-state index >= 15 is 0 Å². The van der Waals surface area contributed by atoms with Gasteiger partial charge in [-0.05, 0) is 41.5 Å². The van der Waals surface area contributed by atoms with Crippen LogP contribution in [-0.4, -0.2) is 10.8 Å². The van der Waals surface area contributed by atoms with E-state index in [1.807, 2.05) is 54.6 Å². The van der Waals surface area contributed by atoms with E-state index in [0.29, 0.717) is 12.2 Å². The molecule has 3 nitrogen and oxygen atoms in total. The number of allylic oxidation sites excluding steroid dienone is 1. The van der Waals surface area contributed by atoms with E-state index in [1.165, 1.54) is 0 Å². The quantitative estimate of drug-likeness (QED) is 0.494. The third-order valence-corrected chi connectivity index (χ3v) is 3.50. The van der Waals surface area contributed by atoms with Gasteiger partial charge in [-0.25, -0.2) is 0 Å². The summed E-state index contributed by atoms with van der Waals surface area (Å²) in [6.45, 7) is 0.537. The molecular weight excluding hydrogens is 298 g/mol. The first-order valence-corrected chi connectivity index (χ1v) is 7.70. The van der Waals surface area contributed by atoms with E-state index < -0.39 is 0 Å². The second-order valence-electron chi connectivity index (χ2n) is 5.28. The zero-order valence-corrected chi connectivity index (χ0v) is 13.1. The van der Waals surface area contributed by atoms with Crippen LogP contribution >= 0.6 is 0 Å². The third-order valence-electron chi connectivity index (χ3n) is 3.50. The van der Waals surface area contributed by atoms with Crippen molar-refractivity contribution in [1.29, 1.82) is 0 Å². The first kappa shape index (κ1) is 15.7. The van der Waals surface area contributed by atoms with Gasteiger partial charge in [0.15, 0.2) is 5.78 Å². The number of hydrogen-bond acceptors (Lipinski definition) is 3. The van der Waals surface area contributed by atoms with Gasteiger partial charge >= 0.3 is 0 Å². The molecule has 118 valence electrons. The van der Waals surface area contributed by atoms with Crippen LogP contribution in [0.3, 0.4) is 0 Å². The minimum Gasteiger partial charge on any atom is -0.489 e. The van der Waals surface area contributed by atoms with Gasteiger partial charge in [0.1, 0.15) is 12.4 Å². The molecule has 3 rings (SSSR count). The SMILES string of the molecule is O=C(/C=C/c1ccc(OCc2ccccc2)cc1)c1cccnc1. The van der Waals surface area contributed by atoms with E-state index in [0.717, 1.165) is 16.9 Å². The first-order valence-electron chi connectivity index (χ1n) is 7.70. The lowest BCUT2D eigenvalue weighted by Gasteiger charge is -2.06. The number of pyridine rings is 1. The lowest BCUT2D eigenvalue weighted by atomic mass is 10.1. The van der Waals surface area contributed by atoms with Crippen molar-refractivity contribution < 1.29 is 9.53 Å². The number of hydrogen-bond donors (Lipinski definition) is 0. The van der Waals surface area contributed by atoms with Gasteiger partial charge in [0.05, 0.1) is 0 Å². The maximum atomic E-state index is 12.0. The summed E-state index contributed by atoms with van der Waals surface area (Å²) in [5, 5.41) is 0. The molecule has 0 fully saturated rings. The fourth-order valence-electron chi connectivity index (χ4n) is 2.19. The second kappa shape index (κ2) is 7.88. The minimum absolute atomic E-state index is 0.0625. The van der Waals surface area contributed by atoms with E-state index in [9.17, 15) is 4.79 Å². The molecule has 3 heteroatoms. The highest BCUT2D eigenvalue weighted by Crippen LogP contribution is 2.15. The maximum Gasteiger partial charge on any atom is 0.187 e. The molecule has 0 aliphatic rings. The van der Waals surface area contributed by atoms with Gasteiger partial charge in [-0.3, -0.25) is 9.78 Å². The van der Waals surface area contributed by atoms with Crippen LogP contribution in [0.1, 0.15) is 21.5 Å². The Morgan fingerprint density at radius 1 is 0.958 bits per heavy atom. The van der Waals surface area contributed by atoms with Gasteiger partial charge in [-0.1, -0.05) is 48.5 Å². The van der Waals surface area contributed by atoms with Crippen LogP contribution < -0.4 is 4.74 Å². The van der Waals surface area contributed by atoms with Gasteiger partial charge in [0, 0.05) is 18.0 Å². The molecule has 24 heavy (non-hydrogen) atoms. The summed E-state index contributed by atoms with van der Waals surface area (Å²) in [7, 11) is 0. The Morgan fingerprint density at radius 3 is 2.46 bits per heavy atom. The molecule has 0 saturated carbocycles. The van der Waals surface area contributed by atoms with Gasteiger partial charge in [-0.15, -0.1) is 0 Å². The summed E-state index contributed by atoms with van der Waals surface area (Å²) in [4.78, 5) is 15.9.